The molecule has 1 aromatic heterocycles. The van der Waals surface area contributed by atoms with E-state index in [-0.39, 0.29) is 5.91 Å². The molecule has 1 aromatic carbocycles. The molecule has 3 rings (SSSR count). The summed E-state index contributed by atoms with van der Waals surface area (Å²) in [4.78, 5) is 19.0. The van der Waals surface area contributed by atoms with Gasteiger partial charge in [-0.15, -0.1) is 0 Å². The SMILES string of the molecule is CNC(=O)c1cnc(N2CCNCC2)cc1-c1ccccc1C. The molecule has 1 fully saturated rings. The monoisotopic (exact) mass is 310 g/mol. The smallest absolute Gasteiger partial charge is 0.253 e. The zero-order valence-corrected chi connectivity index (χ0v) is 13.6. The van der Waals surface area contributed by atoms with Gasteiger partial charge in [0.15, 0.2) is 0 Å². The van der Waals surface area contributed by atoms with Gasteiger partial charge in [0.05, 0.1) is 5.56 Å². The summed E-state index contributed by atoms with van der Waals surface area (Å²) in [5.74, 6) is 0.819. The summed E-state index contributed by atoms with van der Waals surface area (Å²) in [6.45, 7) is 5.84. The van der Waals surface area contributed by atoms with E-state index < -0.39 is 0 Å². The number of nitrogens with one attached hydrogen (secondary N) is 2. The molecule has 23 heavy (non-hydrogen) atoms. The number of aryl methyl sites for hydroxylation is 1. The maximum absolute atomic E-state index is 12.2. The molecule has 1 saturated heterocycles. The first-order chi connectivity index (χ1) is 11.2. The standard InChI is InChI=1S/C18H22N4O/c1-13-5-3-4-6-14(13)15-11-17(22-9-7-20-8-10-22)21-12-16(15)18(23)19-2/h3-6,11-12,20H,7-10H2,1-2H3,(H,19,23). The first kappa shape index (κ1) is 15.5. The van der Waals surface area contributed by atoms with Crippen molar-refractivity contribution in [1.82, 2.24) is 15.6 Å². The lowest BCUT2D eigenvalue weighted by atomic mass is 9.97. The minimum absolute atomic E-state index is 0.109. The Balaban J connectivity index is 2.09. The normalized spacial score (nSPS) is 14.6. The van der Waals surface area contributed by atoms with Gasteiger partial charge in [-0.25, -0.2) is 4.98 Å². The highest BCUT2D eigenvalue weighted by Gasteiger charge is 2.18. The molecule has 1 amide bonds. The number of carbonyl (C=O) groups is 1. The number of pyridine rings is 1. The minimum Gasteiger partial charge on any atom is -0.355 e. The molecule has 0 saturated carbocycles. The van der Waals surface area contributed by atoms with Crippen molar-refractivity contribution in [3.05, 3.63) is 47.7 Å². The summed E-state index contributed by atoms with van der Waals surface area (Å²) < 4.78 is 0. The molecule has 5 nitrogen and oxygen atoms in total. The number of nitrogens with zero attached hydrogens (tertiary/aromatic N) is 2. The van der Waals surface area contributed by atoms with Gasteiger partial charge in [0.25, 0.3) is 5.91 Å². The topological polar surface area (TPSA) is 57.3 Å². The molecule has 2 heterocycles. The summed E-state index contributed by atoms with van der Waals surface area (Å²) in [6, 6.07) is 10.2. The van der Waals surface area contributed by atoms with Crippen molar-refractivity contribution in [2.24, 2.45) is 0 Å². The lowest BCUT2D eigenvalue weighted by molar-refractivity contribution is 0.0963. The Kier molecular flexibility index (Phi) is 4.57. The van der Waals surface area contributed by atoms with E-state index in [0.29, 0.717) is 5.56 Å². The Hall–Kier alpha value is -2.40. The zero-order valence-electron chi connectivity index (χ0n) is 13.6. The van der Waals surface area contributed by atoms with Gasteiger partial charge in [-0.1, -0.05) is 24.3 Å². The van der Waals surface area contributed by atoms with Gasteiger partial charge in [-0.05, 0) is 29.7 Å². The number of aromatic nitrogens is 1. The molecule has 5 heteroatoms. The summed E-state index contributed by atoms with van der Waals surface area (Å²) in [5.41, 5.74) is 3.77. The van der Waals surface area contributed by atoms with Crippen molar-refractivity contribution in [3.63, 3.8) is 0 Å². The van der Waals surface area contributed by atoms with E-state index in [9.17, 15) is 4.79 Å². The van der Waals surface area contributed by atoms with Crippen molar-refractivity contribution in [2.75, 3.05) is 38.1 Å². The van der Waals surface area contributed by atoms with E-state index in [4.69, 9.17) is 0 Å². The van der Waals surface area contributed by atoms with Crippen LogP contribution in [0.15, 0.2) is 36.5 Å². The van der Waals surface area contributed by atoms with Gasteiger partial charge in [0.2, 0.25) is 0 Å². The largest absolute Gasteiger partial charge is 0.355 e. The summed E-state index contributed by atoms with van der Waals surface area (Å²) in [7, 11) is 1.65. The second-order valence-corrected chi connectivity index (χ2v) is 5.72. The van der Waals surface area contributed by atoms with Crippen molar-refractivity contribution in [3.8, 4) is 11.1 Å². The number of carbonyl (C=O) groups excluding carboxylic acids is 1. The van der Waals surface area contributed by atoms with Gasteiger partial charge in [-0.2, -0.15) is 0 Å². The van der Waals surface area contributed by atoms with Crippen LogP contribution in [0.4, 0.5) is 5.82 Å². The van der Waals surface area contributed by atoms with E-state index in [1.54, 1.807) is 13.2 Å². The van der Waals surface area contributed by atoms with Crippen LogP contribution >= 0.6 is 0 Å². The van der Waals surface area contributed by atoms with E-state index in [1.165, 1.54) is 0 Å². The van der Waals surface area contributed by atoms with Crippen LogP contribution in [0.3, 0.4) is 0 Å². The molecule has 0 atom stereocenters. The molecule has 0 unspecified atom stereocenters. The van der Waals surface area contributed by atoms with Gasteiger partial charge in [-0.3, -0.25) is 4.79 Å². The molecule has 1 aliphatic heterocycles. The van der Waals surface area contributed by atoms with Gasteiger partial charge < -0.3 is 15.5 Å². The van der Waals surface area contributed by atoms with Crippen molar-refractivity contribution in [2.45, 2.75) is 6.92 Å². The van der Waals surface area contributed by atoms with Gasteiger partial charge in [0, 0.05) is 39.4 Å². The van der Waals surface area contributed by atoms with Crippen LogP contribution in [-0.4, -0.2) is 44.1 Å². The molecule has 0 radical (unpaired) electrons. The third-order valence-electron chi connectivity index (χ3n) is 4.24. The Bertz CT molecular complexity index is 708. The summed E-state index contributed by atoms with van der Waals surface area (Å²) in [6.07, 6.45) is 1.69. The molecule has 0 aliphatic carbocycles. The van der Waals surface area contributed by atoms with E-state index in [1.807, 2.05) is 18.2 Å². The molecule has 2 N–H and O–H groups in total. The number of hydrogen-bond acceptors (Lipinski definition) is 4. The lowest BCUT2D eigenvalue weighted by Gasteiger charge is -2.29. The Morgan fingerprint density at radius 2 is 1.96 bits per heavy atom. The predicted octanol–water partition coefficient (Wildman–Crippen LogP) is 1.83. The molecular weight excluding hydrogens is 288 g/mol. The van der Waals surface area contributed by atoms with Crippen LogP contribution in [0.1, 0.15) is 15.9 Å². The second-order valence-electron chi connectivity index (χ2n) is 5.72. The lowest BCUT2D eigenvalue weighted by Crippen LogP contribution is -2.43. The maximum atomic E-state index is 12.2. The van der Waals surface area contributed by atoms with Gasteiger partial charge >= 0.3 is 0 Å². The average Bonchev–Trinajstić information content (AvgIpc) is 2.62. The first-order valence-corrected chi connectivity index (χ1v) is 7.94. The summed E-state index contributed by atoms with van der Waals surface area (Å²) >= 11 is 0. The fraction of sp³-hybridized carbons (Fsp3) is 0.333. The van der Waals surface area contributed by atoms with Crippen LogP contribution in [-0.2, 0) is 0 Å². The minimum atomic E-state index is -0.109. The van der Waals surface area contributed by atoms with Crippen molar-refractivity contribution >= 4 is 11.7 Å². The molecule has 1 aliphatic rings. The van der Waals surface area contributed by atoms with Crippen molar-refractivity contribution in [1.29, 1.82) is 0 Å². The quantitative estimate of drug-likeness (QED) is 0.908. The van der Waals surface area contributed by atoms with Crippen LogP contribution in [0.25, 0.3) is 11.1 Å². The zero-order chi connectivity index (χ0) is 16.2. The van der Waals surface area contributed by atoms with Crippen LogP contribution < -0.4 is 15.5 Å². The van der Waals surface area contributed by atoms with E-state index in [2.05, 4.69) is 39.6 Å². The Morgan fingerprint density at radius 1 is 1.22 bits per heavy atom. The van der Waals surface area contributed by atoms with Crippen LogP contribution in [0, 0.1) is 6.92 Å². The Morgan fingerprint density at radius 3 is 2.65 bits per heavy atom. The summed E-state index contributed by atoms with van der Waals surface area (Å²) in [5, 5.41) is 6.05. The first-order valence-electron chi connectivity index (χ1n) is 7.94. The third-order valence-corrected chi connectivity index (χ3v) is 4.24. The third kappa shape index (κ3) is 3.19. The van der Waals surface area contributed by atoms with Gasteiger partial charge in [0.1, 0.15) is 5.82 Å². The number of anilines is 1. The number of piperazine rings is 1. The fourth-order valence-electron chi connectivity index (χ4n) is 2.92. The molecule has 120 valence electrons. The molecule has 2 aromatic rings. The van der Waals surface area contributed by atoms with Crippen LogP contribution in [0.2, 0.25) is 0 Å². The van der Waals surface area contributed by atoms with E-state index in [0.717, 1.165) is 48.7 Å². The predicted molar refractivity (Wildman–Crippen MR) is 92.9 cm³/mol. The number of hydrogen-bond donors (Lipinski definition) is 2. The fourth-order valence-corrected chi connectivity index (χ4v) is 2.92. The highest BCUT2D eigenvalue weighted by atomic mass is 16.1. The van der Waals surface area contributed by atoms with Crippen molar-refractivity contribution < 1.29 is 4.79 Å². The molecular formula is C18H22N4O. The molecule has 0 bridgehead atoms. The van der Waals surface area contributed by atoms with Crippen LogP contribution in [0.5, 0.6) is 0 Å². The number of rotatable bonds is 3. The van der Waals surface area contributed by atoms with E-state index >= 15 is 0 Å². The molecule has 0 spiro atoms. The maximum Gasteiger partial charge on any atom is 0.253 e. The highest BCUT2D eigenvalue weighted by Crippen LogP contribution is 2.29. The second kappa shape index (κ2) is 6.79. The average molecular weight is 310 g/mol. The highest BCUT2D eigenvalue weighted by molar-refractivity contribution is 6.01. The number of amides is 1. The number of benzene rings is 1. The Labute approximate surface area is 136 Å².